The van der Waals surface area contributed by atoms with Gasteiger partial charge in [-0.1, -0.05) is 62.7 Å². The number of carbonyl (C=O) groups is 3. The first-order chi connectivity index (χ1) is 29.9. The van der Waals surface area contributed by atoms with E-state index in [1.807, 2.05) is 30.0 Å². The second-order valence-electron chi connectivity index (χ2n) is 18.5. The molecule has 2 saturated heterocycles. The minimum Gasteiger partial charge on any atom is -0.508 e. The van der Waals surface area contributed by atoms with E-state index in [2.05, 4.69) is 10.6 Å². The lowest BCUT2D eigenvalue weighted by Gasteiger charge is -2.47. The Morgan fingerprint density at radius 1 is 0.938 bits per heavy atom. The number of benzene rings is 2. The van der Waals surface area contributed by atoms with Gasteiger partial charge in [0, 0.05) is 50.1 Å². The van der Waals surface area contributed by atoms with Gasteiger partial charge in [0.25, 0.3) is 0 Å². The van der Waals surface area contributed by atoms with Crippen molar-refractivity contribution in [1.82, 2.24) is 15.5 Å². The van der Waals surface area contributed by atoms with Crippen molar-refractivity contribution in [1.29, 1.82) is 0 Å². The number of rotatable bonds is 11. The lowest BCUT2D eigenvalue weighted by Crippen LogP contribution is -2.61. The highest BCUT2D eigenvalue weighted by Crippen LogP contribution is 2.39. The first-order valence-corrected chi connectivity index (χ1v) is 22.6. The highest BCUT2D eigenvalue weighted by Gasteiger charge is 2.52. The third-order valence-corrected chi connectivity index (χ3v) is 13.4. The Bertz CT molecular complexity index is 1830. The van der Waals surface area contributed by atoms with Gasteiger partial charge in [-0.15, -0.1) is 0 Å². The largest absolute Gasteiger partial charge is 0.508 e. The smallest absolute Gasteiger partial charge is 0.407 e. The average Bonchev–Trinajstić information content (AvgIpc) is 3.23. The summed E-state index contributed by atoms with van der Waals surface area (Å²) in [6.07, 6.45) is -8.61. The van der Waals surface area contributed by atoms with Crippen LogP contribution in [0.3, 0.4) is 0 Å². The molecular weight excluding hydrogens is 850 g/mol. The zero-order valence-electron chi connectivity index (χ0n) is 39.2. The summed E-state index contributed by atoms with van der Waals surface area (Å²) in [6, 6.07) is 12.9. The molecular formula is C47H72ClN3O13. The second kappa shape index (κ2) is 22.6. The van der Waals surface area contributed by atoms with Crippen LogP contribution in [-0.4, -0.2) is 136 Å². The van der Waals surface area contributed by atoms with E-state index >= 15 is 0 Å². The lowest BCUT2D eigenvalue weighted by molar-refractivity contribution is -0.299. The number of aliphatic hydroxyl groups excluding tert-OH is 1. The number of ether oxygens (including phenoxy) is 6. The molecule has 2 aromatic carbocycles. The molecule has 0 aromatic heterocycles. The minimum absolute atomic E-state index is 0.0524. The maximum absolute atomic E-state index is 14.5. The minimum atomic E-state index is -1.94. The van der Waals surface area contributed by atoms with Crippen molar-refractivity contribution in [2.24, 2.45) is 17.8 Å². The SMILES string of the molecule is CC[C@H]1OC(=O)[C@H](C)[C@@H](O[C@H]2C[C@@](C)(OC)[C@@H](O)[C@H](C)O2)[C@H](C)[C@@H](OC(=O)NCc2ccc(O)cc2)[C@](C)(O)C[C@@H](C)CN(C)[C@H](C)[C@@H](OC(=O)NCCc2ccccc2Cl)[C@]1(C)O. The van der Waals surface area contributed by atoms with Crippen molar-refractivity contribution in [3.63, 3.8) is 0 Å². The molecule has 64 heavy (non-hydrogen) atoms. The molecule has 0 unspecified atom stereocenters. The maximum Gasteiger partial charge on any atom is 0.407 e. The van der Waals surface area contributed by atoms with E-state index in [-0.39, 0.29) is 44.0 Å². The number of likely N-dealkylation sites (N-methyl/N-ethyl adjacent to an activating group) is 1. The highest BCUT2D eigenvalue weighted by atomic mass is 35.5. The molecule has 2 aliphatic heterocycles. The normalized spacial score (nSPS) is 35.9. The summed E-state index contributed by atoms with van der Waals surface area (Å²) < 4.78 is 36.9. The summed E-state index contributed by atoms with van der Waals surface area (Å²) in [5.74, 6) is -3.07. The Labute approximate surface area is 383 Å². The number of carbonyl (C=O) groups excluding carboxylic acids is 3. The number of nitrogens with one attached hydrogen (secondary N) is 2. The van der Waals surface area contributed by atoms with Crippen LogP contribution >= 0.6 is 11.6 Å². The number of phenols is 1. The standard InChI is InChI=1S/C47H72ClN3O13/c1-12-36-47(9,58)41(64-43(55)49-22-21-33-15-13-14-16-35(33)48)30(5)51(10)26-27(2)23-45(7,57)40(63-44(56)50-25-32-17-19-34(52)20-18-32)28(3)38(29(4)42(54)61-36)62-37-24-46(8,59-11)39(53)31(6)60-37/h13-20,27-31,36-41,52-53,57-58H,12,21-26H2,1-11H3,(H,49,55)(H,50,56)/t27-,28+,29-,30-,31+,36-,37+,38+,39+,40-,41-,45-,46-,47-/m1/s1. The number of alkyl carbamates (subject to hydrolysis) is 2. The molecule has 2 aromatic rings. The molecule has 2 fully saturated rings. The Morgan fingerprint density at radius 3 is 2.19 bits per heavy atom. The predicted molar refractivity (Wildman–Crippen MR) is 240 cm³/mol. The molecule has 0 saturated carbocycles. The van der Waals surface area contributed by atoms with Gasteiger partial charge in [-0.2, -0.15) is 0 Å². The molecule has 16 nitrogen and oxygen atoms in total. The highest BCUT2D eigenvalue weighted by molar-refractivity contribution is 6.31. The van der Waals surface area contributed by atoms with E-state index in [9.17, 15) is 34.8 Å². The fraction of sp³-hybridized carbons (Fsp3) is 0.681. The number of aromatic hydroxyl groups is 1. The van der Waals surface area contributed by atoms with Gasteiger partial charge in [-0.25, -0.2) is 9.59 Å². The molecule has 0 spiro atoms. The van der Waals surface area contributed by atoms with Crippen molar-refractivity contribution in [2.75, 3.05) is 27.2 Å². The fourth-order valence-electron chi connectivity index (χ4n) is 9.20. The fourth-order valence-corrected chi connectivity index (χ4v) is 9.43. The Morgan fingerprint density at radius 2 is 1.56 bits per heavy atom. The number of hydrogen-bond acceptors (Lipinski definition) is 14. The Hall–Kier alpha value is -3.74. The van der Waals surface area contributed by atoms with Crippen molar-refractivity contribution in [3.05, 3.63) is 64.7 Å². The molecule has 0 aliphatic carbocycles. The Kier molecular flexibility index (Phi) is 18.7. The van der Waals surface area contributed by atoms with E-state index < -0.39 is 95.8 Å². The van der Waals surface area contributed by atoms with Gasteiger partial charge in [0.15, 0.2) is 12.4 Å². The number of halogens is 1. The van der Waals surface area contributed by atoms with Crippen LogP contribution in [0.4, 0.5) is 9.59 Å². The molecule has 14 atom stereocenters. The van der Waals surface area contributed by atoms with Crippen LogP contribution in [0.25, 0.3) is 0 Å². The van der Waals surface area contributed by atoms with Gasteiger partial charge in [-0.3, -0.25) is 9.69 Å². The van der Waals surface area contributed by atoms with Crippen LogP contribution in [0, 0.1) is 17.8 Å². The summed E-state index contributed by atoms with van der Waals surface area (Å²) in [7, 11) is 3.28. The molecule has 2 aliphatic rings. The van der Waals surface area contributed by atoms with Crippen LogP contribution in [0.5, 0.6) is 5.75 Å². The number of phenolic OH excluding ortho intramolecular Hbond substituents is 1. The third-order valence-electron chi connectivity index (χ3n) is 13.1. The van der Waals surface area contributed by atoms with Crippen LogP contribution in [-0.2, 0) is 46.2 Å². The number of methoxy groups -OCH3 is 1. The van der Waals surface area contributed by atoms with Crippen LogP contribution in [0.15, 0.2) is 48.5 Å². The number of esters is 1. The third kappa shape index (κ3) is 13.4. The van der Waals surface area contributed by atoms with Crippen molar-refractivity contribution in [3.8, 4) is 5.75 Å². The van der Waals surface area contributed by atoms with Gasteiger partial charge in [0.05, 0.1) is 29.3 Å². The average molecular weight is 923 g/mol. The summed E-state index contributed by atoms with van der Waals surface area (Å²) in [5.41, 5.74) is -3.25. The van der Waals surface area contributed by atoms with Crippen LogP contribution < -0.4 is 10.6 Å². The summed E-state index contributed by atoms with van der Waals surface area (Å²) >= 11 is 6.33. The molecule has 2 heterocycles. The monoisotopic (exact) mass is 921 g/mol. The van der Waals surface area contributed by atoms with Gasteiger partial charge in [0.1, 0.15) is 29.7 Å². The van der Waals surface area contributed by atoms with E-state index in [0.29, 0.717) is 23.6 Å². The number of cyclic esters (lactones) is 1. The number of nitrogens with zero attached hydrogens (tertiary/aromatic N) is 1. The molecule has 0 bridgehead atoms. The maximum atomic E-state index is 14.5. The van der Waals surface area contributed by atoms with Crippen molar-refractivity contribution in [2.45, 2.75) is 160 Å². The molecule has 4 rings (SSSR count). The van der Waals surface area contributed by atoms with Crippen LogP contribution in [0.2, 0.25) is 5.02 Å². The van der Waals surface area contributed by atoms with E-state index in [4.69, 9.17) is 40.0 Å². The lowest BCUT2D eigenvalue weighted by atomic mass is 9.78. The van der Waals surface area contributed by atoms with E-state index in [1.54, 1.807) is 73.7 Å². The topological polar surface area (TPSA) is 215 Å². The van der Waals surface area contributed by atoms with Crippen molar-refractivity contribution >= 4 is 29.8 Å². The first kappa shape index (κ1) is 52.9. The summed E-state index contributed by atoms with van der Waals surface area (Å²) in [6.45, 7) is 15.8. The van der Waals surface area contributed by atoms with E-state index in [1.165, 1.54) is 26.2 Å². The second-order valence-corrected chi connectivity index (χ2v) is 18.9. The zero-order valence-corrected chi connectivity index (χ0v) is 40.0. The predicted octanol–water partition coefficient (Wildman–Crippen LogP) is 5.72. The molecule has 17 heteroatoms. The van der Waals surface area contributed by atoms with Gasteiger partial charge in [-0.05, 0) is 103 Å². The first-order valence-electron chi connectivity index (χ1n) is 22.2. The quantitative estimate of drug-likeness (QED) is 0.118. The van der Waals surface area contributed by atoms with E-state index in [0.717, 1.165) is 5.56 Å². The van der Waals surface area contributed by atoms with Crippen molar-refractivity contribution < 1.29 is 63.2 Å². The van der Waals surface area contributed by atoms with Crippen LogP contribution in [0.1, 0.15) is 92.7 Å². The number of hydrogen-bond donors (Lipinski definition) is 6. The van der Waals surface area contributed by atoms with Gasteiger partial charge >= 0.3 is 18.2 Å². The summed E-state index contributed by atoms with van der Waals surface area (Å²) in [5, 5.41) is 51.8. The molecule has 2 amide bonds. The zero-order chi connectivity index (χ0) is 47.7. The molecule has 0 radical (unpaired) electrons. The number of amides is 2. The Balaban J connectivity index is 1.73. The molecule has 360 valence electrons. The number of aliphatic hydroxyl groups is 3. The molecule has 6 N–H and O–H groups in total. The van der Waals surface area contributed by atoms with Gasteiger partial charge < -0.3 is 59.5 Å². The van der Waals surface area contributed by atoms with Gasteiger partial charge in [0.2, 0.25) is 0 Å². The summed E-state index contributed by atoms with van der Waals surface area (Å²) in [4.78, 5) is 43.6.